The van der Waals surface area contributed by atoms with Crippen LogP contribution in [0.5, 0.6) is 0 Å². The first kappa shape index (κ1) is 14.0. The summed E-state index contributed by atoms with van der Waals surface area (Å²) in [6.07, 6.45) is -1.87. The number of hydrogen-bond acceptors (Lipinski definition) is 3. The van der Waals surface area contributed by atoms with E-state index >= 15 is 0 Å². The van der Waals surface area contributed by atoms with E-state index in [0.29, 0.717) is 4.47 Å². The molecule has 0 atom stereocenters. The number of rotatable bonds is 3. The Bertz CT molecular complexity index is 562. The Hall–Kier alpha value is -1.41. The zero-order valence-electron chi connectivity index (χ0n) is 9.87. The smallest absolute Gasteiger partial charge is 0.316 e. The lowest BCUT2D eigenvalue weighted by Crippen LogP contribution is -2.18. The monoisotopic (exact) mass is 334 g/mol. The van der Waals surface area contributed by atoms with Crippen molar-refractivity contribution < 1.29 is 13.2 Å². The zero-order chi connectivity index (χ0) is 14.0. The van der Waals surface area contributed by atoms with Crippen molar-refractivity contribution >= 4 is 15.9 Å². The summed E-state index contributed by atoms with van der Waals surface area (Å²) in [5, 5.41) is 6.47. The lowest BCUT2D eigenvalue weighted by Gasteiger charge is -2.12. The van der Waals surface area contributed by atoms with E-state index in [1.54, 1.807) is 13.1 Å². The molecule has 8 heteroatoms. The number of pyridine rings is 1. The third kappa shape index (κ3) is 2.95. The van der Waals surface area contributed by atoms with Gasteiger partial charge in [-0.05, 0) is 35.1 Å². The van der Waals surface area contributed by atoms with Gasteiger partial charge in [0.05, 0.1) is 6.20 Å². The van der Waals surface area contributed by atoms with Gasteiger partial charge >= 0.3 is 6.18 Å². The molecule has 0 aliphatic rings. The van der Waals surface area contributed by atoms with Crippen LogP contribution < -0.4 is 5.32 Å². The summed E-state index contributed by atoms with van der Waals surface area (Å²) in [6, 6.07) is 3.08. The fourth-order valence-electron chi connectivity index (χ4n) is 1.67. The van der Waals surface area contributed by atoms with Gasteiger partial charge in [-0.3, -0.25) is 0 Å². The molecule has 0 saturated carbocycles. The zero-order valence-corrected chi connectivity index (χ0v) is 11.5. The summed E-state index contributed by atoms with van der Waals surface area (Å²) in [6.45, 7) is 0.0887. The average molecular weight is 335 g/mol. The molecule has 1 N–H and O–H groups in total. The average Bonchev–Trinajstić information content (AvgIpc) is 2.74. The summed E-state index contributed by atoms with van der Waals surface area (Å²) in [7, 11) is 1.58. The second kappa shape index (κ2) is 5.30. The number of hydrogen-bond donors (Lipinski definition) is 1. The van der Waals surface area contributed by atoms with Gasteiger partial charge in [0.2, 0.25) is 0 Å². The van der Waals surface area contributed by atoms with Gasteiger partial charge in [0.25, 0.3) is 0 Å². The maximum atomic E-state index is 13.1. The highest BCUT2D eigenvalue weighted by Crippen LogP contribution is 2.33. The molecule has 0 amide bonds. The van der Waals surface area contributed by atoms with Gasteiger partial charge in [-0.15, -0.1) is 0 Å². The topological polar surface area (TPSA) is 42.7 Å². The van der Waals surface area contributed by atoms with E-state index in [2.05, 4.69) is 31.3 Å². The van der Waals surface area contributed by atoms with Crippen LogP contribution in [0.4, 0.5) is 13.2 Å². The minimum atomic E-state index is -4.49. The Labute approximate surface area is 115 Å². The quantitative estimate of drug-likeness (QED) is 0.938. The van der Waals surface area contributed by atoms with Crippen molar-refractivity contribution in [3.63, 3.8) is 0 Å². The predicted molar refractivity (Wildman–Crippen MR) is 66.8 cm³/mol. The number of aromatic nitrogens is 3. The molecule has 0 aliphatic heterocycles. The maximum absolute atomic E-state index is 13.1. The van der Waals surface area contributed by atoms with Gasteiger partial charge < -0.3 is 5.32 Å². The lowest BCUT2D eigenvalue weighted by molar-refractivity contribution is -0.143. The second-order valence-corrected chi connectivity index (χ2v) is 4.71. The molecule has 2 heterocycles. The molecule has 2 aromatic rings. The van der Waals surface area contributed by atoms with Crippen molar-refractivity contribution in [1.82, 2.24) is 20.1 Å². The highest BCUT2D eigenvalue weighted by Gasteiger charge is 2.38. The molecule has 0 fully saturated rings. The second-order valence-electron chi connectivity index (χ2n) is 3.79. The molecule has 0 bridgehead atoms. The Balaban J connectivity index is 2.54. The molecule has 0 saturated heterocycles. The van der Waals surface area contributed by atoms with Crippen molar-refractivity contribution in [3.8, 4) is 5.82 Å². The standard InChI is InChI=1S/C11H10BrF3N4/c1-16-4-7-5-18-19(10(7)11(13,14)15)9-3-2-8(12)6-17-9/h2-3,5-6,16H,4H2,1H3. The van der Waals surface area contributed by atoms with Crippen molar-refractivity contribution in [2.75, 3.05) is 7.05 Å². The third-order valence-corrected chi connectivity index (χ3v) is 2.88. The van der Waals surface area contributed by atoms with Gasteiger partial charge in [0.15, 0.2) is 11.5 Å². The molecule has 102 valence electrons. The summed E-state index contributed by atoms with van der Waals surface area (Å²) in [4.78, 5) is 3.93. The SMILES string of the molecule is CNCc1cnn(-c2ccc(Br)cn2)c1C(F)(F)F. The van der Waals surface area contributed by atoms with E-state index in [9.17, 15) is 13.2 Å². The molecule has 0 radical (unpaired) electrons. The van der Waals surface area contributed by atoms with E-state index in [0.717, 1.165) is 4.68 Å². The summed E-state index contributed by atoms with van der Waals surface area (Å²) in [5.74, 6) is 0.123. The summed E-state index contributed by atoms with van der Waals surface area (Å²) >= 11 is 3.18. The molecule has 0 aliphatic carbocycles. The molecular weight excluding hydrogens is 325 g/mol. The summed E-state index contributed by atoms with van der Waals surface area (Å²) in [5.41, 5.74) is -0.726. The van der Waals surface area contributed by atoms with Gasteiger partial charge in [0.1, 0.15) is 0 Å². The Morgan fingerprint density at radius 3 is 2.58 bits per heavy atom. The first-order valence-corrected chi connectivity index (χ1v) is 6.13. The molecule has 2 aromatic heterocycles. The molecular formula is C11H10BrF3N4. The Morgan fingerprint density at radius 1 is 1.32 bits per heavy atom. The van der Waals surface area contributed by atoms with Crippen LogP contribution in [0.2, 0.25) is 0 Å². The fraction of sp³-hybridized carbons (Fsp3) is 0.273. The third-order valence-electron chi connectivity index (χ3n) is 2.41. The van der Waals surface area contributed by atoms with Crippen LogP contribution in [0.15, 0.2) is 29.0 Å². The molecule has 0 aromatic carbocycles. The van der Waals surface area contributed by atoms with E-state index in [1.165, 1.54) is 18.5 Å². The minimum absolute atomic E-state index is 0.0831. The largest absolute Gasteiger partial charge is 0.433 e. The van der Waals surface area contributed by atoms with E-state index in [1.807, 2.05) is 0 Å². The molecule has 0 spiro atoms. The van der Waals surface area contributed by atoms with Gasteiger partial charge in [-0.2, -0.15) is 18.3 Å². The van der Waals surface area contributed by atoms with Crippen LogP contribution in [0.3, 0.4) is 0 Å². The molecule has 2 rings (SSSR count). The van der Waals surface area contributed by atoms with Gasteiger partial charge in [-0.25, -0.2) is 9.67 Å². The van der Waals surface area contributed by atoms with Crippen LogP contribution in [-0.4, -0.2) is 21.8 Å². The minimum Gasteiger partial charge on any atom is -0.316 e. The number of nitrogens with one attached hydrogen (secondary N) is 1. The van der Waals surface area contributed by atoms with Crippen LogP contribution in [0, 0.1) is 0 Å². The van der Waals surface area contributed by atoms with Crippen LogP contribution in [-0.2, 0) is 12.7 Å². The maximum Gasteiger partial charge on any atom is 0.433 e. The van der Waals surface area contributed by atoms with Crippen molar-refractivity contribution in [2.24, 2.45) is 0 Å². The van der Waals surface area contributed by atoms with Crippen molar-refractivity contribution in [2.45, 2.75) is 12.7 Å². The van der Waals surface area contributed by atoms with E-state index < -0.39 is 11.9 Å². The normalized spacial score (nSPS) is 11.8. The molecule has 0 unspecified atom stereocenters. The van der Waals surface area contributed by atoms with Crippen LogP contribution in [0.25, 0.3) is 5.82 Å². The van der Waals surface area contributed by atoms with Crippen LogP contribution in [0.1, 0.15) is 11.3 Å². The number of alkyl halides is 3. The summed E-state index contributed by atoms with van der Waals surface area (Å²) < 4.78 is 40.8. The first-order chi connectivity index (χ1) is 8.93. The van der Waals surface area contributed by atoms with Crippen molar-refractivity contribution in [3.05, 3.63) is 40.3 Å². The Morgan fingerprint density at radius 2 is 2.05 bits per heavy atom. The molecule has 4 nitrogen and oxygen atoms in total. The molecule has 19 heavy (non-hydrogen) atoms. The van der Waals surface area contributed by atoms with Gasteiger partial charge in [-0.1, -0.05) is 0 Å². The Kier molecular flexibility index (Phi) is 3.91. The first-order valence-electron chi connectivity index (χ1n) is 5.34. The van der Waals surface area contributed by atoms with Crippen LogP contribution >= 0.6 is 15.9 Å². The van der Waals surface area contributed by atoms with Gasteiger partial charge in [0, 0.05) is 22.8 Å². The number of halogens is 4. The lowest BCUT2D eigenvalue weighted by atomic mass is 10.2. The predicted octanol–water partition coefficient (Wildman–Crippen LogP) is 2.77. The number of nitrogens with zero attached hydrogens (tertiary/aromatic N) is 3. The highest BCUT2D eigenvalue weighted by molar-refractivity contribution is 9.10. The fourth-order valence-corrected chi connectivity index (χ4v) is 1.91. The highest BCUT2D eigenvalue weighted by atomic mass is 79.9. The van der Waals surface area contributed by atoms with Crippen molar-refractivity contribution in [1.29, 1.82) is 0 Å². The van der Waals surface area contributed by atoms with E-state index in [4.69, 9.17) is 0 Å². The van der Waals surface area contributed by atoms with E-state index in [-0.39, 0.29) is 17.9 Å².